The predicted octanol–water partition coefficient (Wildman–Crippen LogP) is 0.581. The number of nitrogens with zero attached hydrogens (tertiary/aromatic N) is 1. The van der Waals surface area contributed by atoms with Crippen molar-refractivity contribution >= 4 is 0 Å². The molecule has 0 spiro atoms. The highest BCUT2D eigenvalue weighted by molar-refractivity contribution is 4.52. The molecule has 1 N–H and O–H groups in total. The third-order valence-electron chi connectivity index (χ3n) is 2.28. The fourth-order valence-electron chi connectivity index (χ4n) is 1.10. The van der Waals surface area contributed by atoms with Crippen LogP contribution in [0.3, 0.4) is 0 Å². The molecule has 0 aromatic carbocycles. The third-order valence-corrected chi connectivity index (χ3v) is 2.28. The standard InChI is InChI=1S/C11H26N2O2/c1-4-13(2)8-7-12-6-5-9-15-11-10-14-3/h12H,4-11H2,1-3H3. The first kappa shape index (κ1) is 14.8. The van der Waals surface area contributed by atoms with E-state index in [0.717, 1.165) is 39.2 Å². The number of hydrogen-bond donors (Lipinski definition) is 1. The second-order valence-corrected chi connectivity index (χ2v) is 3.60. The van der Waals surface area contributed by atoms with E-state index in [1.165, 1.54) is 0 Å². The summed E-state index contributed by atoms with van der Waals surface area (Å²) < 4.78 is 10.2. The van der Waals surface area contributed by atoms with Gasteiger partial charge in [0, 0.05) is 26.8 Å². The molecule has 0 aliphatic carbocycles. The monoisotopic (exact) mass is 218 g/mol. The Bertz CT molecular complexity index is 123. The van der Waals surface area contributed by atoms with Gasteiger partial charge in [0.1, 0.15) is 0 Å². The van der Waals surface area contributed by atoms with Gasteiger partial charge in [-0.15, -0.1) is 0 Å². The van der Waals surface area contributed by atoms with Crippen LogP contribution in [0.1, 0.15) is 13.3 Å². The van der Waals surface area contributed by atoms with E-state index in [2.05, 4.69) is 24.2 Å². The quantitative estimate of drug-likeness (QED) is 0.514. The summed E-state index contributed by atoms with van der Waals surface area (Å²) in [6.07, 6.45) is 1.07. The minimum Gasteiger partial charge on any atom is -0.382 e. The lowest BCUT2D eigenvalue weighted by molar-refractivity contribution is 0.0694. The Kier molecular flexibility index (Phi) is 11.8. The van der Waals surface area contributed by atoms with Crippen molar-refractivity contribution in [2.75, 3.05) is 60.2 Å². The van der Waals surface area contributed by atoms with Crippen molar-refractivity contribution in [2.45, 2.75) is 13.3 Å². The average molecular weight is 218 g/mol. The SMILES string of the molecule is CCN(C)CCNCCCOCCOC. The summed E-state index contributed by atoms with van der Waals surface area (Å²) in [5.74, 6) is 0. The fraction of sp³-hybridized carbons (Fsp3) is 1.00. The summed E-state index contributed by atoms with van der Waals surface area (Å²) in [5.41, 5.74) is 0. The first-order valence-electron chi connectivity index (χ1n) is 5.77. The maximum absolute atomic E-state index is 5.35. The highest BCUT2D eigenvalue weighted by atomic mass is 16.5. The molecule has 0 atom stereocenters. The third kappa shape index (κ3) is 11.8. The van der Waals surface area contributed by atoms with Gasteiger partial charge >= 0.3 is 0 Å². The van der Waals surface area contributed by atoms with Gasteiger partial charge in [0.2, 0.25) is 0 Å². The summed E-state index contributed by atoms with van der Waals surface area (Å²) in [7, 11) is 3.82. The van der Waals surface area contributed by atoms with Crippen molar-refractivity contribution in [1.29, 1.82) is 0 Å². The normalized spacial score (nSPS) is 11.2. The van der Waals surface area contributed by atoms with Crippen LogP contribution < -0.4 is 5.32 Å². The van der Waals surface area contributed by atoms with Gasteiger partial charge in [0.15, 0.2) is 0 Å². The van der Waals surface area contributed by atoms with Crippen LogP contribution in [0.4, 0.5) is 0 Å². The molecule has 0 amide bonds. The lowest BCUT2D eigenvalue weighted by atomic mass is 10.4. The Labute approximate surface area is 93.9 Å². The molecule has 0 aromatic heterocycles. The molecule has 0 fully saturated rings. The van der Waals surface area contributed by atoms with Gasteiger partial charge in [-0.05, 0) is 26.6 Å². The molecule has 0 saturated carbocycles. The molecular formula is C11H26N2O2. The Morgan fingerprint density at radius 2 is 1.93 bits per heavy atom. The molecule has 15 heavy (non-hydrogen) atoms. The number of likely N-dealkylation sites (N-methyl/N-ethyl adjacent to an activating group) is 1. The van der Waals surface area contributed by atoms with E-state index in [-0.39, 0.29) is 0 Å². The molecule has 0 aliphatic heterocycles. The Morgan fingerprint density at radius 3 is 2.60 bits per heavy atom. The zero-order valence-electron chi connectivity index (χ0n) is 10.4. The molecule has 0 unspecified atom stereocenters. The summed E-state index contributed by atoms with van der Waals surface area (Å²) in [6, 6.07) is 0. The minimum absolute atomic E-state index is 0.689. The molecule has 0 bridgehead atoms. The van der Waals surface area contributed by atoms with Crippen molar-refractivity contribution in [3.8, 4) is 0 Å². The van der Waals surface area contributed by atoms with Crippen LogP contribution in [0.5, 0.6) is 0 Å². The van der Waals surface area contributed by atoms with Crippen LogP contribution in [0, 0.1) is 0 Å². The predicted molar refractivity (Wildman–Crippen MR) is 63.4 cm³/mol. The zero-order valence-corrected chi connectivity index (χ0v) is 10.4. The lowest BCUT2D eigenvalue weighted by Crippen LogP contribution is -2.29. The number of ether oxygens (including phenoxy) is 2. The number of methoxy groups -OCH3 is 1. The van der Waals surface area contributed by atoms with E-state index in [9.17, 15) is 0 Å². The summed E-state index contributed by atoms with van der Waals surface area (Å²) in [6.45, 7) is 8.70. The smallest absolute Gasteiger partial charge is 0.0700 e. The minimum atomic E-state index is 0.689. The molecule has 0 rings (SSSR count). The van der Waals surface area contributed by atoms with Gasteiger partial charge in [-0.1, -0.05) is 6.92 Å². The van der Waals surface area contributed by atoms with Crippen LogP contribution in [-0.2, 0) is 9.47 Å². The summed E-state index contributed by atoms with van der Waals surface area (Å²) >= 11 is 0. The Hall–Kier alpha value is -0.160. The van der Waals surface area contributed by atoms with E-state index >= 15 is 0 Å². The highest BCUT2D eigenvalue weighted by Crippen LogP contribution is 1.82. The first-order chi connectivity index (χ1) is 7.31. The van der Waals surface area contributed by atoms with Crippen molar-refractivity contribution in [3.05, 3.63) is 0 Å². The molecule has 0 radical (unpaired) electrons. The van der Waals surface area contributed by atoms with E-state index in [1.54, 1.807) is 7.11 Å². The number of hydrogen-bond acceptors (Lipinski definition) is 4. The van der Waals surface area contributed by atoms with Gasteiger partial charge < -0.3 is 19.7 Å². The van der Waals surface area contributed by atoms with Crippen molar-refractivity contribution in [3.63, 3.8) is 0 Å². The fourth-order valence-corrected chi connectivity index (χ4v) is 1.10. The van der Waals surface area contributed by atoms with Gasteiger partial charge in [0.25, 0.3) is 0 Å². The van der Waals surface area contributed by atoms with Gasteiger partial charge in [-0.2, -0.15) is 0 Å². The highest BCUT2D eigenvalue weighted by Gasteiger charge is 1.93. The zero-order chi connectivity index (χ0) is 11.4. The van der Waals surface area contributed by atoms with Crippen molar-refractivity contribution in [2.24, 2.45) is 0 Å². The average Bonchev–Trinajstić information content (AvgIpc) is 2.26. The molecule has 4 heteroatoms. The molecule has 4 nitrogen and oxygen atoms in total. The number of nitrogens with one attached hydrogen (secondary N) is 1. The molecular weight excluding hydrogens is 192 g/mol. The van der Waals surface area contributed by atoms with Gasteiger partial charge in [0.05, 0.1) is 13.2 Å². The molecule has 92 valence electrons. The van der Waals surface area contributed by atoms with Crippen molar-refractivity contribution in [1.82, 2.24) is 10.2 Å². The van der Waals surface area contributed by atoms with Gasteiger partial charge in [-0.3, -0.25) is 0 Å². The van der Waals surface area contributed by atoms with E-state index in [0.29, 0.717) is 13.2 Å². The van der Waals surface area contributed by atoms with Crippen LogP contribution in [0.2, 0.25) is 0 Å². The Balaban J connectivity index is 2.92. The molecule has 0 aromatic rings. The van der Waals surface area contributed by atoms with E-state index in [4.69, 9.17) is 9.47 Å². The first-order valence-corrected chi connectivity index (χ1v) is 5.77. The Morgan fingerprint density at radius 1 is 1.13 bits per heavy atom. The maximum atomic E-state index is 5.35. The largest absolute Gasteiger partial charge is 0.382 e. The van der Waals surface area contributed by atoms with Gasteiger partial charge in [-0.25, -0.2) is 0 Å². The van der Waals surface area contributed by atoms with E-state index < -0.39 is 0 Å². The molecule has 0 saturated heterocycles. The lowest BCUT2D eigenvalue weighted by Gasteiger charge is -2.13. The number of rotatable bonds is 11. The molecule has 0 aliphatic rings. The van der Waals surface area contributed by atoms with Crippen molar-refractivity contribution < 1.29 is 9.47 Å². The second kappa shape index (κ2) is 11.9. The summed E-state index contributed by atoms with van der Waals surface area (Å²) in [5, 5.41) is 3.39. The summed E-state index contributed by atoms with van der Waals surface area (Å²) in [4.78, 5) is 2.29. The van der Waals surface area contributed by atoms with E-state index in [1.807, 2.05) is 0 Å². The second-order valence-electron chi connectivity index (χ2n) is 3.60. The van der Waals surface area contributed by atoms with Crippen LogP contribution in [0.15, 0.2) is 0 Å². The van der Waals surface area contributed by atoms with Crippen LogP contribution >= 0.6 is 0 Å². The van der Waals surface area contributed by atoms with Crippen LogP contribution in [-0.4, -0.2) is 65.1 Å². The topological polar surface area (TPSA) is 33.7 Å². The van der Waals surface area contributed by atoms with Crippen LogP contribution in [0.25, 0.3) is 0 Å². The maximum Gasteiger partial charge on any atom is 0.0700 e. The molecule has 0 heterocycles.